The summed E-state index contributed by atoms with van der Waals surface area (Å²) >= 11 is 4.01. The molecule has 0 bridgehead atoms. The van der Waals surface area contributed by atoms with Crippen molar-refractivity contribution in [1.29, 1.82) is 0 Å². The lowest BCUT2D eigenvalue weighted by Crippen LogP contribution is -2.16. The van der Waals surface area contributed by atoms with E-state index in [1.807, 2.05) is 62.5 Å². The zero-order valence-corrected chi connectivity index (χ0v) is 17.6. The van der Waals surface area contributed by atoms with Gasteiger partial charge in [0.25, 0.3) is 0 Å². The van der Waals surface area contributed by atoms with Crippen molar-refractivity contribution in [2.75, 3.05) is 25.9 Å². The van der Waals surface area contributed by atoms with Gasteiger partial charge in [-0.3, -0.25) is 4.79 Å². The van der Waals surface area contributed by atoms with Gasteiger partial charge in [0.2, 0.25) is 6.41 Å². The predicted molar refractivity (Wildman–Crippen MR) is 123 cm³/mol. The van der Waals surface area contributed by atoms with Gasteiger partial charge in [-0.2, -0.15) is 22.8 Å². The molecule has 0 aliphatic carbocycles. The van der Waals surface area contributed by atoms with E-state index in [0.717, 1.165) is 41.1 Å². The summed E-state index contributed by atoms with van der Waals surface area (Å²) in [5.74, 6) is 0.987. The summed E-state index contributed by atoms with van der Waals surface area (Å²) in [6.07, 6.45) is 2.61. The Kier molecular flexibility index (Phi) is 12.3. The van der Waals surface area contributed by atoms with Crippen LogP contribution in [0.4, 0.5) is 0 Å². The van der Waals surface area contributed by atoms with Gasteiger partial charge in [-0.25, -0.2) is 0 Å². The van der Waals surface area contributed by atoms with Crippen molar-refractivity contribution < 1.29 is 4.79 Å². The molecule has 0 aliphatic heterocycles. The van der Waals surface area contributed by atoms with Gasteiger partial charge in [-0.1, -0.05) is 54.1 Å². The fourth-order valence-electron chi connectivity index (χ4n) is 2.54. The monoisotopic (exact) mass is 398 g/mol. The third kappa shape index (κ3) is 8.50. The highest BCUT2D eigenvalue weighted by Gasteiger charge is 2.11. The molecule has 2 aromatic carbocycles. The Bertz CT molecular complexity index is 740. The molecule has 1 amide bonds. The smallest absolute Gasteiger partial charge is 0.207 e. The fraction of sp³-hybridized carbons (Fsp3) is 0.318. The van der Waals surface area contributed by atoms with Gasteiger partial charge in [0.05, 0.1) is 0 Å². The maximum Gasteiger partial charge on any atom is 0.207 e. The zero-order valence-electron chi connectivity index (χ0n) is 16.7. The summed E-state index contributed by atoms with van der Waals surface area (Å²) in [6, 6.07) is 16.1. The average molecular weight is 399 g/mol. The highest BCUT2D eigenvalue weighted by Crippen LogP contribution is 2.17. The second kappa shape index (κ2) is 14.6. The summed E-state index contributed by atoms with van der Waals surface area (Å²) < 4.78 is 0. The second-order valence-corrected chi connectivity index (χ2v) is 6.56. The number of aryl methyl sites for hydroxylation is 1. The topological polar surface area (TPSA) is 65.8 Å². The maximum atomic E-state index is 10.4. The number of carbonyl (C=O) groups is 1. The summed E-state index contributed by atoms with van der Waals surface area (Å²) in [6.45, 7) is 7.20. The quantitative estimate of drug-likeness (QED) is 0.189. The number of benzene rings is 2. The van der Waals surface area contributed by atoms with E-state index in [0.29, 0.717) is 13.0 Å². The van der Waals surface area contributed by atoms with E-state index in [1.165, 1.54) is 12.0 Å². The number of nitrogens with zero attached hydrogens (tertiary/aromatic N) is 2. The van der Waals surface area contributed by atoms with E-state index in [2.05, 4.69) is 40.2 Å². The Morgan fingerprint density at radius 3 is 2.43 bits per heavy atom. The highest BCUT2D eigenvalue weighted by atomic mass is 32.1. The number of nitrogens with one attached hydrogen (secondary N) is 2. The van der Waals surface area contributed by atoms with Crippen LogP contribution in [-0.4, -0.2) is 44.7 Å². The largest absolute Gasteiger partial charge is 0.358 e. The van der Waals surface area contributed by atoms with E-state index in [9.17, 15) is 4.79 Å². The number of hydrogen-bond donors (Lipinski definition) is 3. The SMILES string of the molecule is C=N/N=C(/c1ccc(C)cc1)c1ccccc1CCNC=O.CNCCCS. The van der Waals surface area contributed by atoms with Crippen LogP contribution in [0.1, 0.15) is 28.7 Å². The molecular weight excluding hydrogens is 368 g/mol. The van der Waals surface area contributed by atoms with E-state index in [4.69, 9.17) is 0 Å². The number of hydrogen-bond acceptors (Lipinski definition) is 5. The Labute approximate surface area is 173 Å². The molecule has 150 valence electrons. The molecule has 0 fully saturated rings. The van der Waals surface area contributed by atoms with Crippen LogP contribution in [0.25, 0.3) is 0 Å². The standard InChI is InChI=1S/C18H19N3O.C4H11NS/c1-14-7-9-16(10-8-14)18(21-19-2)17-6-4-3-5-15(17)11-12-20-13-22;1-5-3-2-4-6/h3-10,13H,2,11-12H2,1H3,(H,20,22);5-6H,2-4H2,1H3/b21-18-;. The molecule has 2 aromatic rings. The first-order valence-corrected chi connectivity index (χ1v) is 9.92. The summed E-state index contributed by atoms with van der Waals surface area (Å²) in [5, 5.41) is 13.6. The van der Waals surface area contributed by atoms with Crippen LogP contribution in [0.2, 0.25) is 0 Å². The molecule has 0 radical (unpaired) electrons. The molecule has 5 nitrogen and oxygen atoms in total. The van der Waals surface area contributed by atoms with Crippen LogP contribution < -0.4 is 10.6 Å². The van der Waals surface area contributed by atoms with E-state index in [-0.39, 0.29) is 0 Å². The van der Waals surface area contributed by atoms with Crippen molar-refractivity contribution in [1.82, 2.24) is 10.6 Å². The van der Waals surface area contributed by atoms with Crippen molar-refractivity contribution in [3.05, 3.63) is 70.8 Å². The van der Waals surface area contributed by atoms with Crippen molar-refractivity contribution >= 4 is 31.5 Å². The summed E-state index contributed by atoms with van der Waals surface area (Å²) in [4.78, 5) is 10.4. The summed E-state index contributed by atoms with van der Waals surface area (Å²) in [7, 11) is 1.95. The lowest BCUT2D eigenvalue weighted by atomic mass is 9.95. The van der Waals surface area contributed by atoms with Crippen molar-refractivity contribution in [3.63, 3.8) is 0 Å². The third-order valence-electron chi connectivity index (χ3n) is 3.98. The molecule has 28 heavy (non-hydrogen) atoms. The first-order chi connectivity index (χ1) is 13.7. The number of carbonyl (C=O) groups excluding carboxylic acids is 1. The van der Waals surface area contributed by atoms with Gasteiger partial charge in [0, 0.05) is 24.4 Å². The molecule has 6 heteroatoms. The first kappa shape index (κ1) is 23.6. The number of rotatable bonds is 10. The van der Waals surface area contributed by atoms with Gasteiger partial charge >= 0.3 is 0 Å². The lowest BCUT2D eigenvalue weighted by molar-refractivity contribution is -0.109. The van der Waals surface area contributed by atoms with Gasteiger partial charge in [0.1, 0.15) is 5.71 Å². The molecule has 0 heterocycles. The van der Waals surface area contributed by atoms with Gasteiger partial charge < -0.3 is 10.6 Å². The number of thiol groups is 1. The molecule has 0 spiro atoms. The highest BCUT2D eigenvalue weighted by molar-refractivity contribution is 7.80. The molecule has 0 saturated carbocycles. The Morgan fingerprint density at radius 2 is 1.86 bits per heavy atom. The normalized spacial score (nSPS) is 10.6. The van der Waals surface area contributed by atoms with Crippen LogP contribution >= 0.6 is 12.6 Å². The molecule has 2 rings (SSSR count). The van der Waals surface area contributed by atoms with Crippen LogP contribution in [0.5, 0.6) is 0 Å². The Hall–Kier alpha value is -2.44. The molecule has 0 saturated heterocycles. The van der Waals surface area contributed by atoms with Crippen LogP contribution in [0, 0.1) is 6.92 Å². The van der Waals surface area contributed by atoms with Gasteiger partial charge in [-0.15, -0.1) is 0 Å². The molecule has 0 unspecified atom stereocenters. The van der Waals surface area contributed by atoms with Crippen LogP contribution in [-0.2, 0) is 11.2 Å². The number of amides is 1. The average Bonchev–Trinajstić information content (AvgIpc) is 2.72. The first-order valence-electron chi connectivity index (χ1n) is 9.29. The van der Waals surface area contributed by atoms with Crippen LogP contribution in [0.3, 0.4) is 0 Å². The predicted octanol–water partition coefficient (Wildman–Crippen LogP) is 3.26. The third-order valence-corrected chi connectivity index (χ3v) is 4.29. The van der Waals surface area contributed by atoms with Crippen molar-refractivity contribution in [2.45, 2.75) is 19.8 Å². The maximum absolute atomic E-state index is 10.4. The van der Waals surface area contributed by atoms with E-state index in [1.54, 1.807) is 0 Å². The van der Waals surface area contributed by atoms with Crippen molar-refractivity contribution in [2.24, 2.45) is 10.2 Å². The summed E-state index contributed by atoms with van der Waals surface area (Å²) in [5.41, 5.74) is 5.09. The Balaban J connectivity index is 0.000000568. The minimum atomic E-state index is 0.587. The second-order valence-electron chi connectivity index (χ2n) is 6.12. The molecule has 0 aliphatic rings. The minimum absolute atomic E-state index is 0.587. The van der Waals surface area contributed by atoms with Gasteiger partial charge in [0.15, 0.2) is 0 Å². The van der Waals surface area contributed by atoms with E-state index < -0.39 is 0 Å². The fourth-order valence-corrected chi connectivity index (χ4v) is 2.70. The van der Waals surface area contributed by atoms with Crippen LogP contribution in [0.15, 0.2) is 58.7 Å². The Morgan fingerprint density at radius 1 is 1.14 bits per heavy atom. The molecule has 0 atom stereocenters. The van der Waals surface area contributed by atoms with Crippen molar-refractivity contribution in [3.8, 4) is 0 Å². The molecule has 2 N–H and O–H groups in total. The molecule has 0 aromatic heterocycles. The van der Waals surface area contributed by atoms with Gasteiger partial charge in [-0.05, 0) is 44.7 Å². The van der Waals surface area contributed by atoms with E-state index >= 15 is 0 Å². The lowest BCUT2D eigenvalue weighted by Gasteiger charge is -2.12. The zero-order chi connectivity index (χ0) is 20.6. The molecular formula is C22H30N4OS. The minimum Gasteiger partial charge on any atom is -0.358 e.